The number of rotatable bonds is 5. The Kier molecular flexibility index (Phi) is 7.23. The minimum atomic E-state index is 0.662. The fraction of sp³-hybridized carbons (Fsp3) is 1.00. The SMILES string of the molecule is CC(C)N(CCBr)CCBr. The molecule has 0 saturated carbocycles. The van der Waals surface area contributed by atoms with Gasteiger partial charge >= 0.3 is 0 Å². The minimum Gasteiger partial charge on any atom is -0.299 e. The van der Waals surface area contributed by atoms with Gasteiger partial charge in [-0.3, -0.25) is 4.90 Å². The molecule has 0 N–H and O–H groups in total. The van der Waals surface area contributed by atoms with Crippen LogP contribution in [0.5, 0.6) is 0 Å². The van der Waals surface area contributed by atoms with Crippen LogP contribution in [0.3, 0.4) is 0 Å². The van der Waals surface area contributed by atoms with Gasteiger partial charge in [-0.1, -0.05) is 31.9 Å². The zero-order valence-corrected chi connectivity index (χ0v) is 9.78. The highest BCUT2D eigenvalue weighted by molar-refractivity contribution is 9.09. The van der Waals surface area contributed by atoms with Gasteiger partial charge in [0, 0.05) is 29.8 Å². The summed E-state index contributed by atoms with van der Waals surface area (Å²) < 4.78 is 0. The lowest BCUT2D eigenvalue weighted by Crippen LogP contribution is -2.34. The van der Waals surface area contributed by atoms with Crippen molar-refractivity contribution in [1.82, 2.24) is 4.90 Å². The zero-order chi connectivity index (χ0) is 7.98. The molecule has 0 aliphatic rings. The van der Waals surface area contributed by atoms with Crippen LogP contribution < -0.4 is 0 Å². The van der Waals surface area contributed by atoms with Crippen LogP contribution in [-0.2, 0) is 0 Å². The van der Waals surface area contributed by atoms with Gasteiger partial charge in [-0.2, -0.15) is 0 Å². The molecular weight excluding hydrogens is 258 g/mol. The van der Waals surface area contributed by atoms with Crippen molar-refractivity contribution in [2.75, 3.05) is 23.7 Å². The standard InChI is InChI=1S/C7H15Br2N/c1-7(2)10(5-3-8)6-4-9/h7H,3-6H2,1-2H3. The highest BCUT2D eigenvalue weighted by atomic mass is 79.9. The van der Waals surface area contributed by atoms with Crippen LogP contribution >= 0.6 is 31.9 Å². The van der Waals surface area contributed by atoms with Crippen molar-refractivity contribution in [3.05, 3.63) is 0 Å². The predicted molar refractivity (Wildman–Crippen MR) is 54.3 cm³/mol. The molecule has 0 amide bonds. The molecule has 0 aromatic heterocycles. The number of hydrogen-bond donors (Lipinski definition) is 0. The van der Waals surface area contributed by atoms with Crippen molar-refractivity contribution in [2.24, 2.45) is 0 Å². The second kappa shape index (κ2) is 6.62. The number of alkyl halides is 2. The predicted octanol–water partition coefficient (Wildman–Crippen LogP) is 2.49. The third kappa shape index (κ3) is 4.69. The summed E-state index contributed by atoms with van der Waals surface area (Å²) in [5.41, 5.74) is 0. The highest BCUT2D eigenvalue weighted by Gasteiger charge is 2.05. The number of nitrogens with zero attached hydrogens (tertiary/aromatic N) is 1. The molecule has 0 rings (SSSR count). The van der Waals surface area contributed by atoms with E-state index in [1.54, 1.807) is 0 Å². The second-order valence-corrected chi connectivity index (χ2v) is 4.09. The van der Waals surface area contributed by atoms with E-state index in [2.05, 4.69) is 50.6 Å². The van der Waals surface area contributed by atoms with E-state index < -0.39 is 0 Å². The van der Waals surface area contributed by atoms with Gasteiger partial charge in [0.05, 0.1) is 0 Å². The summed E-state index contributed by atoms with van der Waals surface area (Å²) in [7, 11) is 0. The maximum Gasteiger partial charge on any atom is 0.0159 e. The monoisotopic (exact) mass is 271 g/mol. The van der Waals surface area contributed by atoms with Crippen molar-refractivity contribution >= 4 is 31.9 Å². The third-order valence-corrected chi connectivity index (χ3v) is 2.18. The summed E-state index contributed by atoms with van der Waals surface area (Å²) in [6.45, 7) is 6.74. The lowest BCUT2D eigenvalue weighted by atomic mass is 10.3. The Morgan fingerprint density at radius 3 is 1.70 bits per heavy atom. The lowest BCUT2D eigenvalue weighted by Gasteiger charge is -2.24. The van der Waals surface area contributed by atoms with Gasteiger partial charge in [-0.05, 0) is 13.8 Å². The molecule has 0 spiro atoms. The average Bonchev–Trinajstić information content (AvgIpc) is 1.87. The molecule has 0 aliphatic carbocycles. The molecule has 0 saturated heterocycles. The molecule has 62 valence electrons. The largest absolute Gasteiger partial charge is 0.299 e. The fourth-order valence-electron chi connectivity index (χ4n) is 0.845. The van der Waals surface area contributed by atoms with E-state index in [4.69, 9.17) is 0 Å². The Morgan fingerprint density at radius 1 is 1.10 bits per heavy atom. The summed E-state index contributed by atoms with van der Waals surface area (Å²) in [5, 5.41) is 2.14. The zero-order valence-electron chi connectivity index (χ0n) is 6.61. The van der Waals surface area contributed by atoms with Crippen LogP contribution in [0.15, 0.2) is 0 Å². The van der Waals surface area contributed by atoms with E-state index >= 15 is 0 Å². The van der Waals surface area contributed by atoms with Crippen molar-refractivity contribution in [1.29, 1.82) is 0 Å². The molecule has 3 heteroatoms. The van der Waals surface area contributed by atoms with E-state index in [0.29, 0.717) is 6.04 Å². The molecule has 0 aromatic rings. The molecule has 1 nitrogen and oxygen atoms in total. The Hall–Kier alpha value is 0.920. The lowest BCUT2D eigenvalue weighted by molar-refractivity contribution is 0.252. The van der Waals surface area contributed by atoms with Gasteiger partial charge < -0.3 is 0 Å². The van der Waals surface area contributed by atoms with Gasteiger partial charge in [0.25, 0.3) is 0 Å². The fourth-order valence-corrected chi connectivity index (χ4v) is 1.76. The van der Waals surface area contributed by atoms with Crippen LogP contribution in [0.2, 0.25) is 0 Å². The molecule has 0 aliphatic heterocycles. The first kappa shape index (κ1) is 10.9. The van der Waals surface area contributed by atoms with E-state index in [1.165, 1.54) is 0 Å². The highest BCUT2D eigenvalue weighted by Crippen LogP contribution is 1.99. The van der Waals surface area contributed by atoms with E-state index in [-0.39, 0.29) is 0 Å². The van der Waals surface area contributed by atoms with Crippen molar-refractivity contribution in [3.8, 4) is 0 Å². The van der Waals surface area contributed by atoms with E-state index in [1.807, 2.05) is 0 Å². The quantitative estimate of drug-likeness (QED) is 0.695. The van der Waals surface area contributed by atoms with Gasteiger partial charge in [-0.15, -0.1) is 0 Å². The molecule has 0 radical (unpaired) electrons. The van der Waals surface area contributed by atoms with Gasteiger partial charge in [-0.25, -0.2) is 0 Å². The van der Waals surface area contributed by atoms with E-state index in [9.17, 15) is 0 Å². The molecule has 0 fully saturated rings. The van der Waals surface area contributed by atoms with Crippen LogP contribution in [-0.4, -0.2) is 34.7 Å². The minimum absolute atomic E-state index is 0.662. The topological polar surface area (TPSA) is 3.24 Å². The molecule has 0 atom stereocenters. The summed E-state index contributed by atoms with van der Waals surface area (Å²) in [6, 6.07) is 0.662. The molecule has 0 bridgehead atoms. The summed E-state index contributed by atoms with van der Waals surface area (Å²) in [5.74, 6) is 0. The smallest absolute Gasteiger partial charge is 0.0159 e. The normalized spacial score (nSPS) is 11.4. The molecule has 0 unspecified atom stereocenters. The van der Waals surface area contributed by atoms with E-state index in [0.717, 1.165) is 23.7 Å². The molecule has 10 heavy (non-hydrogen) atoms. The van der Waals surface area contributed by atoms with Gasteiger partial charge in [0.15, 0.2) is 0 Å². The van der Waals surface area contributed by atoms with Gasteiger partial charge in [0.1, 0.15) is 0 Å². The van der Waals surface area contributed by atoms with Crippen molar-refractivity contribution in [3.63, 3.8) is 0 Å². The molecular formula is C7H15Br2N. The van der Waals surface area contributed by atoms with Crippen LogP contribution in [0.1, 0.15) is 13.8 Å². The second-order valence-electron chi connectivity index (χ2n) is 2.51. The third-order valence-electron chi connectivity index (χ3n) is 1.47. The van der Waals surface area contributed by atoms with Crippen LogP contribution in [0.4, 0.5) is 0 Å². The average molecular weight is 273 g/mol. The molecule has 0 aromatic carbocycles. The van der Waals surface area contributed by atoms with Crippen molar-refractivity contribution in [2.45, 2.75) is 19.9 Å². The maximum absolute atomic E-state index is 3.43. The van der Waals surface area contributed by atoms with Crippen molar-refractivity contribution < 1.29 is 0 Å². The van der Waals surface area contributed by atoms with Crippen LogP contribution in [0.25, 0.3) is 0 Å². The summed E-state index contributed by atoms with van der Waals surface area (Å²) in [6.07, 6.45) is 0. The Bertz CT molecular complexity index is 70.0. The number of halogens is 2. The van der Waals surface area contributed by atoms with Crippen LogP contribution in [0, 0.1) is 0 Å². The Balaban J connectivity index is 3.50. The number of hydrogen-bond acceptors (Lipinski definition) is 1. The molecule has 0 heterocycles. The first-order valence-electron chi connectivity index (χ1n) is 3.58. The summed E-state index contributed by atoms with van der Waals surface area (Å²) >= 11 is 6.86. The first-order valence-corrected chi connectivity index (χ1v) is 5.82. The Morgan fingerprint density at radius 2 is 1.50 bits per heavy atom. The van der Waals surface area contributed by atoms with Gasteiger partial charge in [0.2, 0.25) is 0 Å². The first-order chi connectivity index (χ1) is 4.72. The Labute approximate surface area is 80.4 Å². The maximum atomic E-state index is 3.43. The summed E-state index contributed by atoms with van der Waals surface area (Å²) in [4.78, 5) is 2.43.